The van der Waals surface area contributed by atoms with Crippen LogP contribution in [0.15, 0.2) is 30.4 Å². The molecule has 290 valence electrons. The summed E-state index contributed by atoms with van der Waals surface area (Å²) in [7, 11) is 1.42. The van der Waals surface area contributed by atoms with E-state index in [1.807, 2.05) is 13.8 Å². The van der Waals surface area contributed by atoms with Crippen LogP contribution >= 0.6 is 0 Å². The van der Waals surface area contributed by atoms with E-state index in [9.17, 15) is 42.3 Å². The number of rotatable bonds is 9. The summed E-state index contributed by atoms with van der Waals surface area (Å²) in [6.45, 7) is 6.55. The van der Waals surface area contributed by atoms with E-state index in [2.05, 4.69) is 16.0 Å². The van der Waals surface area contributed by atoms with Crippen LogP contribution in [0.1, 0.15) is 71.8 Å². The number of halogens is 2. The predicted molar refractivity (Wildman–Crippen MR) is 187 cm³/mol. The molecule has 0 aromatic heterocycles. The zero-order valence-corrected chi connectivity index (χ0v) is 30.9. The molecule has 1 aromatic carbocycles. The number of hydrogen-bond acceptors (Lipinski definition) is 8. The molecule has 1 aromatic rings. The molecule has 0 bridgehead atoms. The molecule has 3 aliphatic heterocycles. The Balaban J connectivity index is 1.67. The quantitative estimate of drug-likeness (QED) is 0.251. The van der Waals surface area contributed by atoms with E-state index in [0.717, 1.165) is 25.0 Å². The second-order valence-corrected chi connectivity index (χ2v) is 14.1. The summed E-state index contributed by atoms with van der Waals surface area (Å²) in [5.41, 5.74) is 0.0497. The van der Waals surface area contributed by atoms with Gasteiger partial charge in [0.15, 0.2) is 0 Å². The molecule has 4 rings (SSSR count). The summed E-state index contributed by atoms with van der Waals surface area (Å²) in [5.74, 6) is -6.58. The number of nitrogens with one attached hydrogen (secondary N) is 3. The highest BCUT2D eigenvalue weighted by Crippen LogP contribution is 2.23. The first-order valence-electron chi connectivity index (χ1n) is 18.2. The summed E-state index contributed by atoms with van der Waals surface area (Å²) < 4.78 is 33.9. The third-order valence-corrected chi connectivity index (χ3v) is 9.99. The highest BCUT2D eigenvalue weighted by atomic mass is 19.1. The van der Waals surface area contributed by atoms with Crippen molar-refractivity contribution in [3.05, 3.63) is 47.5 Å². The maximum Gasteiger partial charge on any atom is 0.328 e. The lowest BCUT2D eigenvalue weighted by Crippen LogP contribution is -2.60. The van der Waals surface area contributed by atoms with E-state index in [1.165, 1.54) is 41.7 Å². The lowest BCUT2D eigenvalue weighted by atomic mass is 10.0. The van der Waals surface area contributed by atoms with Gasteiger partial charge in [-0.3, -0.25) is 28.8 Å². The van der Waals surface area contributed by atoms with Gasteiger partial charge in [-0.15, -0.1) is 0 Å². The number of allylic oxidation sites excluding steroid dienone is 1. The number of ether oxygens (including phenoxy) is 1. The first-order chi connectivity index (χ1) is 25.1. The molecule has 0 aliphatic carbocycles. The molecule has 16 heteroatoms. The third kappa shape index (κ3) is 10.4. The standard InChI is InChI=1S/C37H50F2N6O8/c1-6-9-21(2)12-13-31(46)41-27(18-24-16-25(38)19-26(39)17-24)33(48)42-28-20-53-37(52)30-11-8-15-45(30)34(49)22(3)40-32(47)23(4)43(5)36(51)29-10-7-14-44(29)35(28)50/h12-13,16-17,19,21-23,27-30H,6-11,14-15,18,20H2,1-5H3,(H,40,47)(H,41,46)(H,42,48)/b13-12+/t21?,22-,23-,27?,28-,29-,30-/m0/s1. The van der Waals surface area contributed by atoms with Gasteiger partial charge in [0, 0.05) is 32.6 Å². The number of carbonyl (C=O) groups excluding carboxylic acids is 7. The third-order valence-electron chi connectivity index (χ3n) is 9.99. The number of nitrogens with zero attached hydrogens (tertiary/aromatic N) is 3. The van der Waals surface area contributed by atoms with E-state index < -0.39 is 95.9 Å². The normalized spacial score (nSPS) is 25.8. The van der Waals surface area contributed by atoms with Gasteiger partial charge >= 0.3 is 5.97 Å². The van der Waals surface area contributed by atoms with Crippen LogP contribution < -0.4 is 16.0 Å². The molecular weight excluding hydrogens is 694 g/mol. The van der Waals surface area contributed by atoms with Gasteiger partial charge < -0.3 is 35.4 Å². The van der Waals surface area contributed by atoms with Gasteiger partial charge in [-0.1, -0.05) is 26.3 Å². The number of likely N-dealkylation sites (N-methyl/N-ethyl adjacent to an activating group) is 1. The summed E-state index contributed by atoms with van der Waals surface area (Å²) in [4.78, 5) is 98.6. The fraction of sp³-hybridized carbons (Fsp3) is 0.595. The summed E-state index contributed by atoms with van der Waals surface area (Å²) in [6.07, 6.45) is 5.68. The van der Waals surface area contributed by atoms with Crippen molar-refractivity contribution < 1.29 is 47.1 Å². The molecule has 53 heavy (non-hydrogen) atoms. The monoisotopic (exact) mass is 744 g/mol. The van der Waals surface area contributed by atoms with Gasteiger partial charge in [-0.25, -0.2) is 13.6 Å². The number of benzene rings is 1. The van der Waals surface area contributed by atoms with E-state index in [-0.39, 0.29) is 43.8 Å². The van der Waals surface area contributed by atoms with Crippen LogP contribution in [-0.2, 0) is 44.7 Å². The number of fused-ring (bicyclic) bond motifs is 2. The smallest absolute Gasteiger partial charge is 0.328 e. The Hall–Kier alpha value is -4.89. The van der Waals surface area contributed by atoms with Crippen molar-refractivity contribution in [1.82, 2.24) is 30.7 Å². The largest absolute Gasteiger partial charge is 0.461 e. The lowest BCUT2D eigenvalue weighted by molar-refractivity contribution is -0.158. The Morgan fingerprint density at radius 1 is 0.962 bits per heavy atom. The second-order valence-electron chi connectivity index (χ2n) is 14.1. The first-order valence-corrected chi connectivity index (χ1v) is 18.2. The van der Waals surface area contributed by atoms with Crippen LogP contribution in [0.5, 0.6) is 0 Å². The van der Waals surface area contributed by atoms with E-state index in [1.54, 1.807) is 6.08 Å². The zero-order valence-electron chi connectivity index (χ0n) is 30.9. The average molecular weight is 745 g/mol. The Kier molecular flexibility index (Phi) is 14.1. The van der Waals surface area contributed by atoms with Crippen LogP contribution in [0.25, 0.3) is 0 Å². The second kappa shape index (κ2) is 18.2. The molecule has 3 heterocycles. The Morgan fingerprint density at radius 2 is 1.58 bits per heavy atom. The number of carbonyl (C=O) groups is 7. The zero-order chi connectivity index (χ0) is 39.0. The van der Waals surface area contributed by atoms with E-state index in [0.29, 0.717) is 18.9 Å². The highest BCUT2D eigenvalue weighted by molar-refractivity contribution is 5.98. The van der Waals surface area contributed by atoms with Crippen LogP contribution in [0, 0.1) is 17.6 Å². The SMILES string of the molecule is CCCC(C)/C=C/C(=O)NC(Cc1cc(F)cc(F)c1)C(=O)N[C@H]1COC(=O)[C@@H]2CCCN2C(=O)[C@H](C)NC(=O)[C@H](C)N(C)C(=O)[C@@H]2CCCN2C1=O. The fourth-order valence-corrected chi connectivity index (χ4v) is 6.91. The van der Waals surface area contributed by atoms with Crippen molar-refractivity contribution >= 4 is 41.4 Å². The molecule has 14 nitrogen and oxygen atoms in total. The van der Waals surface area contributed by atoms with E-state index >= 15 is 0 Å². The predicted octanol–water partition coefficient (Wildman–Crippen LogP) is 1.36. The molecule has 3 saturated heterocycles. The van der Waals surface area contributed by atoms with Crippen molar-refractivity contribution in [2.75, 3.05) is 26.7 Å². The molecule has 6 amide bonds. The number of cyclic esters (lactones) is 1. The molecule has 3 fully saturated rings. The molecule has 3 N–H and O–H groups in total. The number of amides is 6. The van der Waals surface area contributed by atoms with Gasteiger partial charge in [0.25, 0.3) is 0 Å². The van der Waals surface area contributed by atoms with Crippen molar-refractivity contribution in [1.29, 1.82) is 0 Å². The molecule has 0 spiro atoms. The van der Waals surface area contributed by atoms with Gasteiger partial charge in [-0.05, 0) is 75.6 Å². The average Bonchev–Trinajstić information content (AvgIpc) is 3.80. The van der Waals surface area contributed by atoms with Crippen molar-refractivity contribution in [3.63, 3.8) is 0 Å². The van der Waals surface area contributed by atoms with E-state index in [4.69, 9.17) is 4.74 Å². The minimum atomic E-state index is -1.56. The number of esters is 1. The van der Waals surface area contributed by atoms with Crippen LogP contribution in [-0.4, -0.2) is 119 Å². The molecule has 7 atom stereocenters. The van der Waals surface area contributed by atoms with Crippen LogP contribution in [0.2, 0.25) is 0 Å². The fourth-order valence-electron chi connectivity index (χ4n) is 6.91. The van der Waals surface area contributed by atoms with Gasteiger partial charge in [0.05, 0.1) is 0 Å². The number of hydrogen-bond donors (Lipinski definition) is 3. The van der Waals surface area contributed by atoms with Crippen LogP contribution in [0.4, 0.5) is 8.78 Å². The lowest BCUT2D eigenvalue weighted by Gasteiger charge is -2.34. The van der Waals surface area contributed by atoms with Crippen LogP contribution in [0.3, 0.4) is 0 Å². The highest BCUT2D eigenvalue weighted by Gasteiger charge is 2.43. The van der Waals surface area contributed by atoms with Gasteiger partial charge in [0.1, 0.15) is 54.5 Å². The molecule has 0 radical (unpaired) electrons. The molecule has 3 aliphatic rings. The maximum absolute atomic E-state index is 14.2. The van der Waals surface area contributed by atoms with Crippen molar-refractivity contribution in [2.45, 2.75) is 109 Å². The summed E-state index contributed by atoms with van der Waals surface area (Å²) >= 11 is 0. The van der Waals surface area contributed by atoms with Crippen molar-refractivity contribution in [2.24, 2.45) is 5.92 Å². The minimum absolute atomic E-state index is 0.0497. The summed E-state index contributed by atoms with van der Waals surface area (Å²) in [5, 5.41) is 7.74. The Labute approximate surface area is 308 Å². The Bertz CT molecular complexity index is 1590. The summed E-state index contributed by atoms with van der Waals surface area (Å²) in [6, 6.07) is -4.38. The topological polar surface area (TPSA) is 175 Å². The van der Waals surface area contributed by atoms with Crippen molar-refractivity contribution in [3.8, 4) is 0 Å². The van der Waals surface area contributed by atoms with Gasteiger partial charge in [-0.2, -0.15) is 0 Å². The Morgan fingerprint density at radius 3 is 2.23 bits per heavy atom. The minimum Gasteiger partial charge on any atom is -0.461 e. The molecular formula is C37H50F2N6O8. The first kappa shape index (κ1) is 40.9. The molecule has 2 unspecified atom stereocenters. The maximum atomic E-state index is 14.2. The van der Waals surface area contributed by atoms with Gasteiger partial charge in [0.2, 0.25) is 35.4 Å². The molecule has 0 saturated carbocycles.